The Morgan fingerprint density at radius 2 is 2.16 bits per heavy atom. The van der Waals surface area contributed by atoms with Gasteiger partial charge in [0.25, 0.3) is 5.91 Å². The third kappa shape index (κ3) is 2.82. The summed E-state index contributed by atoms with van der Waals surface area (Å²) in [4.78, 5) is 23.8. The van der Waals surface area contributed by atoms with Crippen molar-refractivity contribution in [3.05, 3.63) is 46.3 Å². The lowest BCUT2D eigenvalue weighted by Gasteiger charge is -2.13. The molecule has 5 heteroatoms. The molecule has 0 saturated carbocycles. The lowest BCUT2D eigenvalue weighted by molar-refractivity contribution is 0.0887. The monoisotopic (exact) mass is 261 g/mol. The number of para-hydroxylation sites is 1. The molecule has 0 bridgehead atoms. The number of hydrogen-bond acceptors (Lipinski definition) is 4. The topological polar surface area (TPSA) is 79.5 Å². The third-order valence-electron chi connectivity index (χ3n) is 2.91. The highest BCUT2D eigenvalue weighted by Crippen LogP contribution is 2.11. The zero-order valence-corrected chi connectivity index (χ0v) is 10.6. The second-order valence-corrected chi connectivity index (χ2v) is 4.23. The summed E-state index contributed by atoms with van der Waals surface area (Å²) in [5, 5.41) is 12.1. The first-order chi connectivity index (χ1) is 9.15. The van der Waals surface area contributed by atoms with Crippen molar-refractivity contribution in [1.82, 2.24) is 5.32 Å². The minimum absolute atomic E-state index is 0.0457. The third-order valence-corrected chi connectivity index (χ3v) is 2.91. The summed E-state index contributed by atoms with van der Waals surface area (Å²) in [6.07, 6.45) is 0.597. The van der Waals surface area contributed by atoms with Crippen molar-refractivity contribution in [2.75, 3.05) is 6.61 Å². The SMILES string of the molecule is CC[C@H](CO)NC(=O)c1cc(=O)c2ccccc2o1. The molecule has 2 N–H and O–H groups in total. The summed E-state index contributed by atoms with van der Waals surface area (Å²) in [6, 6.07) is 7.57. The van der Waals surface area contributed by atoms with Gasteiger partial charge in [0.05, 0.1) is 18.0 Å². The van der Waals surface area contributed by atoms with E-state index >= 15 is 0 Å². The van der Waals surface area contributed by atoms with E-state index in [1.165, 1.54) is 6.07 Å². The highest BCUT2D eigenvalue weighted by Gasteiger charge is 2.15. The molecule has 0 aliphatic carbocycles. The van der Waals surface area contributed by atoms with Crippen molar-refractivity contribution in [2.24, 2.45) is 0 Å². The maximum absolute atomic E-state index is 11.9. The lowest BCUT2D eigenvalue weighted by atomic mass is 10.2. The maximum Gasteiger partial charge on any atom is 0.287 e. The van der Waals surface area contributed by atoms with Gasteiger partial charge in [-0.2, -0.15) is 0 Å². The molecule has 0 unspecified atom stereocenters. The van der Waals surface area contributed by atoms with Crippen LogP contribution in [0.15, 0.2) is 39.5 Å². The summed E-state index contributed by atoms with van der Waals surface area (Å²) < 4.78 is 5.40. The van der Waals surface area contributed by atoms with Gasteiger partial charge in [-0.25, -0.2) is 0 Å². The molecule has 0 saturated heterocycles. The number of carbonyl (C=O) groups is 1. The number of fused-ring (bicyclic) bond motifs is 1. The highest BCUT2D eigenvalue weighted by atomic mass is 16.3. The summed E-state index contributed by atoms with van der Waals surface area (Å²) in [5.74, 6) is -0.542. The first-order valence-electron chi connectivity index (χ1n) is 6.10. The average Bonchev–Trinajstić information content (AvgIpc) is 2.44. The second kappa shape index (κ2) is 5.67. The Bertz CT molecular complexity index is 643. The number of benzene rings is 1. The van der Waals surface area contributed by atoms with Gasteiger partial charge in [0.15, 0.2) is 11.2 Å². The van der Waals surface area contributed by atoms with Crippen LogP contribution in [0.2, 0.25) is 0 Å². The fourth-order valence-electron chi connectivity index (χ4n) is 1.75. The fraction of sp³-hybridized carbons (Fsp3) is 0.286. The summed E-state index contributed by atoms with van der Waals surface area (Å²) in [7, 11) is 0. The van der Waals surface area contributed by atoms with Crippen molar-refractivity contribution < 1.29 is 14.3 Å². The van der Waals surface area contributed by atoms with Crippen molar-refractivity contribution in [3.63, 3.8) is 0 Å². The van der Waals surface area contributed by atoms with Gasteiger partial charge in [0.2, 0.25) is 0 Å². The molecular weight excluding hydrogens is 246 g/mol. The Morgan fingerprint density at radius 3 is 2.84 bits per heavy atom. The minimum Gasteiger partial charge on any atom is -0.451 e. The summed E-state index contributed by atoms with van der Waals surface area (Å²) >= 11 is 0. The molecule has 0 fully saturated rings. The van der Waals surface area contributed by atoms with Crippen LogP contribution in [0.5, 0.6) is 0 Å². The Hall–Kier alpha value is -2.14. The molecule has 1 amide bonds. The Labute approximate surface area is 109 Å². The maximum atomic E-state index is 11.9. The first kappa shape index (κ1) is 13.3. The number of hydrogen-bond donors (Lipinski definition) is 2. The van der Waals surface area contributed by atoms with Gasteiger partial charge in [0.1, 0.15) is 5.58 Å². The molecule has 1 aromatic heterocycles. The van der Waals surface area contributed by atoms with E-state index in [-0.39, 0.29) is 23.8 Å². The van der Waals surface area contributed by atoms with E-state index in [1.807, 2.05) is 6.92 Å². The van der Waals surface area contributed by atoms with Crippen LogP contribution in [0.4, 0.5) is 0 Å². The number of aliphatic hydroxyl groups excluding tert-OH is 1. The second-order valence-electron chi connectivity index (χ2n) is 4.23. The zero-order chi connectivity index (χ0) is 13.8. The van der Waals surface area contributed by atoms with Crippen LogP contribution in [0.25, 0.3) is 11.0 Å². The van der Waals surface area contributed by atoms with Crippen molar-refractivity contribution in [3.8, 4) is 0 Å². The van der Waals surface area contributed by atoms with Crippen LogP contribution < -0.4 is 10.7 Å². The molecule has 0 aliphatic heterocycles. The normalized spacial score (nSPS) is 12.3. The van der Waals surface area contributed by atoms with Gasteiger partial charge in [-0.1, -0.05) is 19.1 Å². The molecule has 0 radical (unpaired) electrons. The molecule has 19 heavy (non-hydrogen) atoms. The Morgan fingerprint density at radius 1 is 1.42 bits per heavy atom. The molecule has 2 aromatic rings. The van der Waals surface area contributed by atoms with E-state index in [2.05, 4.69) is 5.32 Å². The summed E-state index contributed by atoms with van der Waals surface area (Å²) in [5.41, 5.74) is 0.112. The highest BCUT2D eigenvalue weighted by molar-refractivity contribution is 5.93. The fourth-order valence-corrected chi connectivity index (χ4v) is 1.75. The first-order valence-corrected chi connectivity index (χ1v) is 6.10. The van der Waals surface area contributed by atoms with Gasteiger partial charge in [-0.15, -0.1) is 0 Å². The zero-order valence-electron chi connectivity index (χ0n) is 10.6. The lowest BCUT2D eigenvalue weighted by Crippen LogP contribution is -2.37. The predicted octanol–water partition coefficient (Wildman–Crippen LogP) is 1.29. The van der Waals surface area contributed by atoms with Crippen LogP contribution in [0.1, 0.15) is 23.9 Å². The Kier molecular flexibility index (Phi) is 3.97. The number of rotatable bonds is 4. The smallest absolute Gasteiger partial charge is 0.287 e. The number of aliphatic hydroxyl groups is 1. The molecule has 1 atom stereocenters. The van der Waals surface area contributed by atoms with Crippen LogP contribution in [-0.2, 0) is 0 Å². The van der Waals surface area contributed by atoms with Gasteiger partial charge in [0, 0.05) is 6.07 Å². The standard InChI is InChI=1S/C14H15NO4/c1-2-9(8-16)15-14(18)13-7-11(17)10-5-3-4-6-12(10)19-13/h3-7,9,16H,2,8H2,1H3,(H,15,18)/t9-/m1/s1. The number of carbonyl (C=O) groups excluding carboxylic acids is 1. The van der Waals surface area contributed by atoms with Crippen LogP contribution in [0, 0.1) is 0 Å². The average molecular weight is 261 g/mol. The van der Waals surface area contributed by atoms with Crippen LogP contribution in [-0.4, -0.2) is 23.7 Å². The number of nitrogens with one attached hydrogen (secondary N) is 1. The molecule has 5 nitrogen and oxygen atoms in total. The molecule has 2 rings (SSSR count). The van der Waals surface area contributed by atoms with Crippen molar-refractivity contribution >= 4 is 16.9 Å². The van der Waals surface area contributed by atoms with Crippen molar-refractivity contribution in [2.45, 2.75) is 19.4 Å². The van der Waals surface area contributed by atoms with Crippen LogP contribution >= 0.6 is 0 Å². The van der Waals surface area contributed by atoms with E-state index in [4.69, 9.17) is 9.52 Å². The van der Waals surface area contributed by atoms with Gasteiger partial charge < -0.3 is 14.8 Å². The quantitative estimate of drug-likeness (QED) is 0.869. The molecule has 0 aliphatic rings. The van der Waals surface area contributed by atoms with E-state index in [1.54, 1.807) is 24.3 Å². The predicted molar refractivity (Wildman–Crippen MR) is 71.1 cm³/mol. The van der Waals surface area contributed by atoms with E-state index in [0.29, 0.717) is 17.4 Å². The van der Waals surface area contributed by atoms with Gasteiger partial charge >= 0.3 is 0 Å². The number of amides is 1. The van der Waals surface area contributed by atoms with Crippen molar-refractivity contribution in [1.29, 1.82) is 0 Å². The molecular formula is C14H15NO4. The molecule has 1 aromatic carbocycles. The molecule has 0 spiro atoms. The Balaban J connectivity index is 2.35. The van der Waals surface area contributed by atoms with E-state index < -0.39 is 5.91 Å². The van der Waals surface area contributed by atoms with Gasteiger partial charge in [-0.05, 0) is 18.6 Å². The van der Waals surface area contributed by atoms with E-state index in [9.17, 15) is 9.59 Å². The summed E-state index contributed by atoms with van der Waals surface area (Å²) in [6.45, 7) is 1.69. The minimum atomic E-state index is -0.497. The largest absolute Gasteiger partial charge is 0.451 e. The molecule has 100 valence electrons. The van der Waals surface area contributed by atoms with E-state index in [0.717, 1.165) is 0 Å². The molecule has 1 heterocycles. The van der Waals surface area contributed by atoms with Crippen LogP contribution in [0.3, 0.4) is 0 Å². The van der Waals surface area contributed by atoms with Gasteiger partial charge in [-0.3, -0.25) is 9.59 Å².